The predicted molar refractivity (Wildman–Crippen MR) is 91.6 cm³/mol. The molecule has 3 nitrogen and oxygen atoms in total. The van der Waals surface area contributed by atoms with E-state index in [0.717, 1.165) is 18.2 Å². The smallest absolute Gasteiger partial charge is 0.356 e. The van der Waals surface area contributed by atoms with Gasteiger partial charge in [-0.1, -0.05) is 24.2 Å². The highest BCUT2D eigenvalue weighted by atomic mass is 32.2. The van der Waals surface area contributed by atoms with Crippen LogP contribution in [0.15, 0.2) is 52.0 Å². The number of thioether (sulfide) groups is 1. The van der Waals surface area contributed by atoms with Gasteiger partial charge in [0.15, 0.2) is 5.76 Å². The molecule has 0 amide bonds. The van der Waals surface area contributed by atoms with Crippen LogP contribution in [0, 0.1) is 0 Å². The fourth-order valence-corrected chi connectivity index (χ4v) is 3.22. The van der Waals surface area contributed by atoms with Crippen molar-refractivity contribution >= 4 is 11.8 Å². The second-order valence-corrected chi connectivity index (χ2v) is 6.96. The number of nitrogens with zero attached hydrogens (tertiary/aromatic N) is 2. The summed E-state index contributed by atoms with van der Waals surface area (Å²) in [5, 5.41) is 3.81. The number of halogens is 6. The molecule has 3 rings (SSSR count). The van der Waals surface area contributed by atoms with E-state index in [2.05, 4.69) is 10.1 Å². The molecule has 0 fully saturated rings. The molecule has 148 valence electrons. The van der Waals surface area contributed by atoms with Gasteiger partial charge in [-0.15, -0.1) is 11.8 Å². The second kappa shape index (κ2) is 7.50. The molecule has 1 aromatic carbocycles. The number of benzene rings is 1. The normalized spacial score (nSPS) is 12.4. The Morgan fingerprint density at radius 1 is 0.929 bits per heavy atom. The first-order chi connectivity index (χ1) is 13.1. The van der Waals surface area contributed by atoms with Crippen LogP contribution in [0.3, 0.4) is 0 Å². The van der Waals surface area contributed by atoms with Crippen molar-refractivity contribution in [3.63, 3.8) is 0 Å². The maximum absolute atomic E-state index is 12.9. The van der Waals surface area contributed by atoms with Gasteiger partial charge in [0.1, 0.15) is 11.4 Å². The third kappa shape index (κ3) is 4.32. The molecule has 3 aromatic rings. The standard InChI is InChI=1S/C18H12F6N2OS/c1-2-28-15-7-12(18(22,23)24)9-25-16(15)13-8-14(27-26-13)10-3-5-11(6-4-10)17(19,20)21/h3-9H,2H2,1H3. The van der Waals surface area contributed by atoms with Crippen LogP contribution in [0.5, 0.6) is 0 Å². The number of hydrogen-bond donors (Lipinski definition) is 0. The molecule has 10 heteroatoms. The van der Waals surface area contributed by atoms with Crippen molar-refractivity contribution in [2.24, 2.45) is 0 Å². The Balaban J connectivity index is 1.95. The Morgan fingerprint density at radius 2 is 1.57 bits per heavy atom. The van der Waals surface area contributed by atoms with Gasteiger partial charge < -0.3 is 4.52 Å². The van der Waals surface area contributed by atoms with Crippen molar-refractivity contribution < 1.29 is 30.9 Å². The highest BCUT2D eigenvalue weighted by Gasteiger charge is 2.32. The molecule has 0 saturated heterocycles. The predicted octanol–water partition coefficient (Wildman–Crippen LogP) is 6.55. The SMILES string of the molecule is CCSc1cc(C(F)(F)F)cnc1-c1cc(-c2ccc(C(F)(F)F)cc2)on1. The lowest BCUT2D eigenvalue weighted by atomic mass is 10.1. The summed E-state index contributed by atoms with van der Waals surface area (Å²) in [5.41, 5.74) is -0.926. The van der Waals surface area contributed by atoms with Gasteiger partial charge in [0, 0.05) is 22.7 Å². The first-order valence-electron chi connectivity index (χ1n) is 7.94. The molecular weight excluding hydrogens is 406 g/mol. The molecule has 2 aromatic heterocycles. The third-order valence-corrected chi connectivity index (χ3v) is 4.64. The van der Waals surface area contributed by atoms with Gasteiger partial charge in [-0.05, 0) is 24.0 Å². The van der Waals surface area contributed by atoms with Crippen molar-refractivity contribution in [2.75, 3.05) is 5.75 Å². The Hall–Kier alpha value is -2.49. The topological polar surface area (TPSA) is 38.9 Å². The van der Waals surface area contributed by atoms with E-state index in [9.17, 15) is 26.3 Å². The monoisotopic (exact) mass is 418 g/mol. The number of hydrogen-bond acceptors (Lipinski definition) is 4. The molecule has 0 unspecified atom stereocenters. The van der Waals surface area contributed by atoms with Crippen LogP contribution in [0.4, 0.5) is 26.3 Å². The summed E-state index contributed by atoms with van der Waals surface area (Å²) in [6, 6.07) is 6.70. The Morgan fingerprint density at radius 3 is 2.14 bits per heavy atom. The van der Waals surface area contributed by atoms with Gasteiger partial charge in [-0.3, -0.25) is 4.98 Å². The minimum Gasteiger partial charge on any atom is -0.356 e. The van der Waals surface area contributed by atoms with Gasteiger partial charge in [0.2, 0.25) is 0 Å². The van der Waals surface area contributed by atoms with E-state index in [1.807, 2.05) is 0 Å². The van der Waals surface area contributed by atoms with E-state index < -0.39 is 23.5 Å². The van der Waals surface area contributed by atoms with Crippen LogP contribution < -0.4 is 0 Å². The van der Waals surface area contributed by atoms with Crippen molar-refractivity contribution in [3.05, 3.63) is 53.7 Å². The van der Waals surface area contributed by atoms with Crippen LogP contribution in [-0.4, -0.2) is 15.9 Å². The average molecular weight is 418 g/mol. The zero-order chi connectivity index (χ0) is 20.5. The second-order valence-electron chi connectivity index (χ2n) is 5.65. The van der Waals surface area contributed by atoms with Gasteiger partial charge in [0.05, 0.1) is 11.1 Å². The average Bonchev–Trinajstić information content (AvgIpc) is 3.10. The molecule has 0 saturated carbocycles. The van der Waals surface area contributed by atoms with Crippen LogP contribution in [0.2, 0.25) is 0 Å². The fourth-order valence-electron chi connectivity index (χ4n) is 2.40. The van der Waals surface area contributed by atoms with Gasteiger partial charge in [-0.2, -0.15) is 26.3 Å². The molecule has 0 aliphatic rings. The van der Waals surface area contributed by atoms with Crippen LogP contribution in [0.1, 0.15) is 18.1 Å². The number of pyridine rings is 1. The minimum absolute atomic E-state index is 0.179. The molecule has 2 heterocycles. The lowest BCUT2D eigenvalue weighted by molar-refractivity contribution is -0.138. The largest absolute Gasteiger partial charge is 0.417 e. The Labute approximate surface area is 159 Å². The van der Waals surface area contributed by atoms with E-state index in [-0.39, 0.29) is 22.0 Å². The number of alkyl halides is 6. The summed E-state index contributed by atoms with van der Waals surface area (Å²) in [6.07, 6.45) is -8.27. The molecule has 0 spiro atoms. The third-order valence-electron chi connectivity index (χ3n) is 3.73. The minimum atomic E-state index is -4.52. The maximum atomic E-state index is 12.9. The molecule has 0 aliphatic carbocycles. The molecule has 0 atom stereocenters. The molecular formula is C18H12F6N2OS. The van der Waals surface area contributed by atoms with Gasteiger partial charge >= 0.3 is 12.4 Å². The van der Waals surface area contributed by atoms with E-state index >= 15 is 0 Å². The van der Waals surface area contributed by atoms with Crippen molar-refractivity contribution in [3.8, 4) is 22.7 Å². The first-order valence-corrected chi connectivity index (χ1v) is 8.93. The van der Waals surface area contributed by atoms with Crippen LogP contribution in [-0.2, 0) is 12.4 Å². The van der Waals surface area contributed by atoms with E-state index in [1.165, 1.54) is 30.0 Å². The van der Waals surface area contributed by atoms with Gasteiger partial charge in [0.25, 0.3) is 0 Å². The Bertz CT molecular complexity index is 963. The highest BCUT2D eigenvalue weighted by Crippen LogP contribution is 2.37. The van der Waals surface area contributed by atoms with Gasteiger partial charge in [-0.25, -0.2) is 0 Å². The maximum Gasteiger partial charge on any atom is 0.417 e. The molecule has 0 aliphatic heterocycles. The molecule has 0 bridgehead atoms. The van der Waals surface area contributed by atoms with E-state index in [1.54, 1.807) is 6.92 Å². The quantitative estimate of drug-likeness (QED) is 0.356. The summed E-state index contributed by atoms with van der Waals surface area (Å²) in [5.74, 6) is 0.692. The van der Waals surface area contributed by atoms with E-state index in [0.29, 0.717) is 17.5 Å². The summed E-state index contributed by atoms with van der Waals surface area (Å²) >= 11 is 1.17. The van der Waals surface area contributed by atoms with Crippen molar-refractivity contribution in [1.29, 1.82) is 0 Å². The van der Waals surface area contributed by atoms with Crippen molar-refractivity contribution in [1.82, 2.24) is 10.1 Å². The van der Waals surface area contributed by atoms with Crippen LogP contribution >= 0.6 is 11.8 Å². The molecule has 0 radical (unpaired) electrons. The van der Waals surface area contributed by atoms with Crippen LogP contribution in [0.25, 0.3) is 22.7 Å². The fraction of sp³-hybridized carbons (Fsp3) is 0.222. The summed E-state index contributed by atoms with van der Waals surface area (Å²) in [6.45, 7) is 1.78. The lowest BCUT2D eigenvalue weighted by Gasteiger charge is -2.10. The number of aromatic nitrogens is 2. The highest BCUT2D eigenvalue weighted by molar-refractivity contribution is 7.99. The summed E-state index contributed by atoms with van der Waals surface area (Å²) in [4.78, 5) is 4.16. The zero-order valence-electron chi connectivity index (χ0n) is 14.2. The zero-order valence-corrected chi connectivity index (χ0v) is 15.0. The molecule has 0 N–H and O–H groups in total. The lowest BCUT2D eigenvalue weighted by Crippen LogP contribution is -2.06. The summed E-state index contributed by atoms with van der Waals surface area (Å²) in [7, 11) is 0. The van der Waals surface area contributed by atoms with Crippen molar-refractivity contribution in [2.45, 2.75) is 24.2 Å². The number of rotatable bonds is 4. The molecule has 28 heavy (non-hydrogen) atoms. The summed E-state index contributed by atoms with van der Waals surface area (Å²) < 4.78 is 81.9. The van der Waals surface area contributed by atoms with E-state index in [4.69, 9.17) is 4.52 Å². The Kier molecular flexibility index (Phi) is 5.42. The first kappa shape index (κ1) is 20.2.